The van der Waals surface area contributed by atoms with Gasteiger partial charge in [0.15, 0.2) is 17.4 Å². The Bertz CT molecular complexity index is 1170. The molecule has 1 saturated heterocycles. The molecule has 0 aliphatic carbocycles. The van der Waals surface area contributed by atoms with Crippen LogP contribution in [0.4, 0.5) is 0 Å². The van der Waals surface area contributed by atoms with Crippen molar-refractivity contribution in [2.45, 2.75) is 24.5 Å². The number of aliphatic hydroxyl groups is 2. The molecular formula is C10H15CdN4O14P3. The summed E-state index contributed by atoms with van der Waals surface area (Å²) in [5.74, 6) is 0. The number of phosphoric ester groups is 1. The average Bonchev–Trinajstić information content (AvgIpc) is 3.13. The van der Waals surface area contributed by atoms with Crippen molar-refractivity contribution in [1.82, 2.24) is 19.5 Å². The Morgan fingerprint density at radius 2 is 1.72 bits per heavy atom. The van der Waals surface area contributed by atoms with E-state index in [1.165, 1.54) is 0 Å². The predicted molar refractivity (Wildman–Crippen MR) is 93.9 cm³/mol. The summed E-state index contributed by atoms with van der Waals surface area (Å²) >= 11 is 0. The minimum Gasteiger partial charge on any atom is -0.387 e. The molecule has 0 saturated carbocycles. The standard InChI is InChI=1S/C10H15N4O14P3.Cd/c15-6-4(1-25-30(21,22)28-31(23,24)27-29(18,19)20)26-10(7(6)16)14-3-13-5-8(14)11-2-12-9(5)17;/h2-4,6-7,10,15-16H,1H2,(H,21,22)(H,23,24)(H,11,12,17)(H2,18,19,20);/t4-,6-,7-,10-;/m1./s1. The molecule has 2 aromatic heterocycles. The maximum Gasteiger partial charge on any atom is 0.490 e. The summed E-state index contributed by atoms with van der Waals surface area (Å²) in [7, 11) is -16.7. The van der Waals surface area contributed by atoms with Crippen LogP contribution in [0.2, 0.25) is 0 Å². The molecule has 1 aliphatic rings. The minimum absolute atomic E-state index is 0. The van der Waals surface area contributed by atoms with Gasteiger partial charge in [-0.2, -0.15) is 8.62 Å². The molecule has 3 rings (SSSR count). The van der Waals surface area contributed by atoms with E-state index in [0.29, 0.717) is 0 Å². The Balaban J connectivity index is 0.00000363. The van der Waals surface area contributed by atoms with Gasteiger partial charge in [0.25, 0.3) is 5.56 Å². The zero-order valence-corrected chi connectivity index (χ0v) is 22.2. The van der Waals surface area contributed by atoms with Crippen LogP contribution in [-0.2, 0) is 58.9 Å². The van der Waals surface area contributed by atoms with Crippen molar-refractivity contribution >= 4 is 34.6 Å². The number of nitrogens with zero attached hydrogens (tertiary/aromatic N) is 3. The van der Waals surface area contributed by atoms with Crippen LogP contribution in [0.5, 0.6) is 0 Å². The third-order valence-electron chi connectivity index (χ3n) is 3.79. The van der Waals surface area contributed by atoms with Crippen LogP contribution in [0.25, 0.3) is 11.2 Å². The molecule has 0 spiro atoms. The maximum atomic E-state index is 11.8. The number of rotatable bonds is 8. The van der Waals surface area contributed by atoms with Crippen molar-refractivity contribution in [3.63, 3.8) is 0 Å². The summed E-state index contributed by atoms with van der Waals surface area (Å²) in [5, 5.41) is 20.3. The SMILES string of the molecule is O=c1[nH]cnc2c1ncn2[C@@H]1O[C@H](COP(=O)(O)OP(=O)(O)OP(=O)(O)O)[C@@H](O)[C@H]1O.[Cd]. The summed E-state index contributed by atoms with van der Waals surface area (Å²) in [5.41, 5.74) is -0.681. The van der Waals surface area contributed by atoms with Crippen molar-refractivity contribution in [3.8, 4) is 0 Å². The number of H-pyrrole nitrogens is 1. The number of nitrogens with one attached hydrogen (secondary N) is 1. The number of aliphatic hydroxyl groups excluding tert-OH is 2. The van der Waals surface area contributed by atoms with Crippen molar-refractivity contribution in [2.24, 2.45) is 0 Å². The van der Waals surface area contributed by atoms with E-state index in [0.717, 1.165) is 17.2 Å². The zero-order chi connectivity index (χ0) is 23.2. The molecule has 0 bridgehead atoms. The molecule has 0 amide bonds. The second kappa shape index (κ2) is 10.0. The van der Waals surface area contributed by atoms with E-state index < -0.39 is 60.2 Å². The number of hydrogen-bond donors (Lipinski definition) is 7. The van der Waals surface area contributed by atoms with E-state index in [9.17, 15) is 33.6 Å². The van der Waals surface area contributed by atoms with E-state index in [2.05, 4.69) is 28.1 Å². The molecule has 1 aliphatic heterocycles. The zero-order valence-electron chi connectivity index (χ0n) is 15.5. The van der Waals surface area contributed by atoms with Crippen LogP contribution in [0.3, 0.4) is 0 Å². The smallest absolute Gasteiger partial charge is 0.387 e. The van der Waals surface area contributed by atoms with Crippen LogP contribution in [0.15, 0.2) is 17.4 Å². The first-order valence-corrected chi connectivity index (χ1v) is 12.4. The number of hydrogen-bond acceptors (Lipinski definition) is 12. The molecule has 2 unspecified atom stereocenters. The molecule has 3 heterocycles. The Morgan fingerprint density at radius 3 is 2.34 bits per heavy atom. The summed E-state index contributed by atoms with van der Waals surface area (Å²) in [6.45, 7) is -0.987. The molecule has 0 radical (unpaired) electrons. The fraction of sp³-hybridized carbons (Fsp3) is 0.500. The first-order chi connectivity index (χ1) is 14.2. The number of ether oxygens (including phenoxy) is 1. The van der Waals surface area contributed by atoms with Gasteiger partial charge >= 0.3 is 23.5 Å². The predicted octanol–water partition coefficient (Wildman–Crippen LogP) is -1.92. The van der Waals surface area contributed by atoms with Crippen LogP contribution >= 0.6 is 23.5 Å². The second-order valence-corrected chi connectivity index (χ2v) is 10.4. The summed E-state index contributed by atoms with van der Waals surface area (Å²) in [6, 6.07) is 0. The monoisotopic (exact) mass is 622 g/mol. The normalized spacial score (nSPS) is 27.6. The third-order valence-corrected chi connectivity index (χ3v) is 7.60. The van der Waals surface area contributed by atoms with E-state index in [1.807, 2.05) is 0 Å². The molecule has 7 N–H and O–H groups in total. The summed E-state index contributed by atoms with van der Waals surface area (Å²) in [4.78, 5) is 57.2. The van der Waals surface area contributed by atoms with Crippen LogP contribution < -0.4 is 5.56 Å². The van der Waals surface area contributed by atoms with Crippen LogP contribution in [0, 0.1) is 0 Å². The van der Waals surface area contributed by atoms with E-state index >= 15 is 0 Å². The average molecular weight is 621 g/mol. The van der Waals surface area contributed by atoms with Gasteiger partial charge in [0.1, 0.15) is 18.3 Å². The number of imidazole rings is 1. The molecule has 176 valence electrons. The van der Waals surface area contributed by atoms with E-state index in [-0.39, 0.29) is 38.5 Å². The number of fused-ring (bicyclic) bond motifs is 1. The topological polar surface area (TPSA) is 273 Å². The fourth-order valence-electron chi connectivity index (χ4n) is 2.62. The second-order valence-electron chi connectivity index (χ2n) is 5.99. The minimum atomic E-state index is -5.72. The van der Waals surface area contributed by atoms with Gasteiger partial charge < -0.3 is 39.5 Å². The van der Waals surface area contributed by atoms with Crippen LogP contribution in [0.1, 0.15) is 6.23 Å². The van der Waals surface area contributed by atoms with Crippen molar-refractivity contribution < 1.29 is 88.7 Å². The summed E-state index contributed by atoms with van der Waals surface area (Å²) < 4.78 is 51.6. The summed E-state index contributed by atoms with van der Waals surface area (Å²) in [6.07, 6.45) is -4.05. The molecule has 32 heavy (non-hydrogen) atoms. The number of aromatic nitrogens is 4. The molecular weight excluding hydrogens is 605 g/mol. The van der Waals surface area contributed by atoms with Gasteiger partial charge in [-0.05, 0) is 0 Å². The Kier molecular flexibility index (Phi) is 8.73. The van der Waals surface area contributed by atoms with Gasteiger partial charge in [-0.25, -0.2) is 23.7 Å². The molecule has 0 aromatic carbocycles. The maximum absolute atomic E-state index is 11.8. The van der Waals surface area contributed by atoms with Gasteiger partial charge in [0.2, 0.25) is 0 Å². The van der Waals surface area contributed by atoms with E-state index in [1.54, 1.807) is 0 Å². The molecule has 18 nitrogen and oxygen atoms in total. The van der Waals surface area contributed by atoms with Gasteiger partial charge in [-0.1, -0.05) is 0 Å². The van der Waals surface area contributed by atoms with Crippen molar-refractivity contribution in [2.75, 3.05) is 6.61 Å². The first kappa shape index (κ1) is 27.8. The van der Waals surface area contributed by atoms with Gasteiger partial charge in [-0.15, -0.1) is 0 Å². The van der Waals surface area contributed by atoms with E-state index in [4.69, 9.17) is 19.4 Å². The van der Waals surface area contributed by atoms with Gasteiger partial charge in [-0.3, -0.25) is 13.9 Å². The number of phosphoric acid groups is 3. The Morgan fingerprint density at radius 1 is 1.06 bits per heavy atom. The molecule has 6 atom stereocenters. The quantitative estimate of drug-likeness (QED) is 0.125. The fourth-order valence-corrected chi connectivity index (χ4v) is 5.65. The van der Waals surface area contributed by atoms with Crippen molar-refractivity contribution in [3.05, 3.63) is 23.0 Å². The molecule has 22 heteroatoms. The Labute approximate surface area is 196 Å². The van der Waals surface area contributed by atoms with Gasteiger partial charge in [0, 0.05) is 27.3 Å². The van der Waals surface area contributed by atoms with Gasteiger partial charge in [0.05, 0.1) is 19.3 Å². The molecule has 1 fully saturated rings. The Hall–Kier alpha value is -0.438. The number of aromatic amines is 1. The molecule has 2 aromatic rings. The first-order valence-electron chi connectivity index (χ1n) is 7.89. The van der Waals surface area contributed by atoms with Crippen LogP contribution in [-0.4, -0.2) is 74.2 Å². The third kappa shape index (κ3) is 6.58. The largest absolute Gasteiger partial charge is 0.490 e. The van der Waals surface area contributed by atoms with Crippen molar-refractivity contribution in [1.29, 1.82) is 0 Å².